The van der Waals surface area contributed by atoms with Crippen LogP contribution in [0.3, 0.4) is 0 Å². The van der Waals surface area contributed by atoms with Crippen molar-refractivity contribution >= 4 is 11.0 Å². The highest BCUT2D eigenvalue weighted by Gasteiger charge is 2.10. The lowest BCUT2D eigenvalue weighted by atomic mass is 10.1. The van der Waals surface area contributed by atoms with E-state index >= 15 is 0 Å². The summed E-state index contributed by atoms with van der Waals surface area (Å²) in [6.45, 7) is 2.40. The molecule has 19 heavy (non-hydrogen) atoms. The monoisotopic (exact) mass is 255 g/mol. The van der Waals surface area contributed by atoms with Crippen LogP contribution < -0.4 is 5.73 Å². The topological polar surface area (TPSA) is 54.7 Å². The number of benzene rings is 2. The number of aromatic amines is 1. The molecule has 1 aromatic heterocycles. The highest BCUT2D eigenvalue weighted by molar-refractivity contribution is 5.80. The number of imidazole rings is 1. The van der Waals surface area contributed by atoms with Crippen LogP contribution >= 0.6 is 0 Å². The van der Waals surface area contributed by atoms with Crippen LogP contribution in [0.5, 0.6) is 0 Å². The summed E-state index contributed by atoms with van der Waals surface area (Å²) < 4.78 is 13.8. The van der Waals surface area contributed by atoms with E-state index in [1.165, 1.54) is 6.07 Å². The zero-order chi connectivity index (χ0) is 13.4. The maximum atomic E-state index is 13.8. The number of fused-ring (bicyclic) bond motifs is 1. The minimum absolute atomic E-state index is 0.274. The summed E-state index contributed by atoms with van der Waals surface area (Å²) in [6, 6.07) is 10.8. The second kappa shape index (κ2) is 4.48. The lowest BCUT2D eigenvalue weighted by Gasteiger charge is -2.00. The molecular weight excluding hydrogens is 241 g/mol. The van der Waals surface area contributed by atoms with Gasteiger partial charge in [-0.15, -0.1) is 0 Å². The Morgan fingerprint density at radius 2 is 2.05 bits per heavy atom. The Labute approximate surface area is 110 Å². The van der Waals surface area contributed by atoms with Crippen LogP contribution in [0.2, 0.25) is 0 Å². The molecule has 2 aromatic carbocycles. The zero-order valence-electron chi connectivity index (χ0n) is 10.6. The average Bonchev–Trinajstić information content (AvgIpc) is 2.83. The van der Waals surface area contributed by atoms with Gasteiger partial charge in [-0.05, 0) is 36.8 Å². The molecule has 0 saturated carbocycles. The van der Waals surface area contributed by atoms with Crippen molar-refractivity contribution in [1.29, 1.82) is 0 Å². The Morgan fingerprint density at radius 1 is 1.21 bits per heavy atom. The first-order valence-electron chi connectivity index (χ1n) is 6.12. The van der Waals surface area contributed by atoms with Gasteiger partial charge in [0, 0.05) is 6.54 Å². The Kier molecular flexibility index (Phi) is 2.80. The molecule has 0 spiro atoms. The first kappa shape index (κ1) is 11.9. The number of halogens is 1. The van der Waals surface area contributed by atoms with Crippen molar-refractivity contribution in [3.63, 3.8) is 0 Å². The number of nitrogens with zero attached hydrogens (tertiary/aromatic N) is 1. The third-order valence-corrected chi connectivity index (χ3v) is 3.16. The summed E-state index contributed by atoms with van der Waals surface area (Å²) in [5.74, 6) is 0.272. The molecule has 3 aromatic rings. The second-order valence-corrected chi connectivity index (χ2v) is 4.62. The van der Waals surface area contributed by atoms with Gasteiger partial charge in [-0.1, -0.05) is 17.7 Å². The molecule has 0 amide bonds. The highest BCUT2D eigenvalue weighted by Crippen LogP contribution is 2.24. The van der Waals surface area contributed by atoms with Gasteiger partial charge < -0.3 is 10.7 Å². The van der Waals surface area contributed by atoms with Crippen molar-refractivity contribution in [1.82, 2.24) is 9.97 Å². The van der Waals surface area contributed by atoms with E-state index in [0.717, 1.165) is 22.2 Å². The first-order chi connectivity index (χ1) is 9.17. The van der Waals surface area contributed by atoms with Crippen molar-refractivity contribution in [2.45, 2.75) is 13.5 Å². The number of rotatable bonds is 2. The van der Waals surface area contributed by atoms with Gasteiger partial charge in [0.15, 0.2) is 0 Å². The van der Waals surface area contributed by atoms with E-state index < -0.39 is 0 Å². The third kappa shape index (κ3) is 2.11. The molecule has 0 bridgehead atoms. The van der Waals surface area contributed by atoms with Crippen LogP contribution in [-0.4, -0.2) is 9.97 Å². The quantitative estimate of drug-likeness (QED) is 0.739. The molecule has 3 nitrogen and oxygen atoms in total. The van der Waals surface area contributed by atoms with Gasteiger partial charge >= 0.3 is 0 Å². The van der Waals surface area contributed by atoms with Gasteiger partial charge in [0.1, 0.15) is 11.6 Å². The number of hydrogen-bond acceptors (Lipinski definition) is 2. The molecule has 1 heterocycles. The third-order valence-electron chi connectivity index (χ3n) is 3.16. The SMILES string of the molecule is Cc1ccc(F)c(-c2nc3ccc(CN)cc3[nH]2)c1. The molecule has 4 heteroatoms. The van der Waals surface area contributed by atoms with Crippen LogP contribution in [0.1, 0.15) is 11.1 Å². The maximum absolute atomic E-state index is 13.8. The lowest BCUT2D eigenvalue weighted by molar-refractivity contribution is 0.630. The average molecular weight is 255 g/mol. The van der Waals surface area contributed by atoms with Gasteiger partial charge in [0.25, 0.3) is 0 Å². The van der Waals surface area contributed by atoms with Crippen molar-refractivity contribution in [3.05, 3.63) is 53.3 Å². The summed E-state index contributed by atoms with van der Waals surface area (Å²) in [5, 5.41) is 0. The standard InChI is InChI=1S/C15H14FN3/c1-9-2-4-12(16)11(6-9)15-18-13-5-3-10(8-17)7-14(13)19-15/h2-7H,8,17H2,1H3,(H,18,19). The number of aryl methyl sites for hydroxylation is 1. The van der Waals surface area contributed by atoms with Gasteiger partial charge in [-0.3, -0.25) is 0 Å². The van der Waals surface area contributed by atoms with E-state index in [1.807, 2.05) is 25.1 Å². The molecule has 0 atom stereocenters. The van der Waals surface area contributed by atoms with Crippen molar-refractivity contribution in [3.8, 4) is 11.4 Å². The van der Waals surface area contributed by atoms with Crippen molar-refractivity contribution < 1.29 is 4.39 Å². The van der Waals surface area contributed by atoms with Gasteiger partial charge in [-0.25, -0.2) is 9.37 Å². The number of nitrogens with two attached hydrogens (primary N) is 1. The first-order valence-corrected chi connectivity index (χ1v) is 6.12. The maximum Gasteiger partial charge on any atom is 0.141 e. The van der Waals surface area contributed by atoms with E-state index in [-0.39, 0.29) is 5.82 Å². The molecule has 3 N–H and O–H groups in total. The van der Waals surface area contributed by atoms with Gasteiger partial charge in [-0.2, -0.15) is 0 Å². The van der Waals surface area contributed by atoms with E-state index in [0.29, 0.717) is 17.9 Å². The molecule has 3 rings (SSSR count). The normalized spacial score (nSPS) is 11.1. The molecule has 0 aliphatic heterocycles. The van der Waals surface area contributed by atoms with Crippen molar-refractivity contribution in [2.24, 2.45) is 5.73 Å². The number of nitrogens with one attached hydrogen (secondary N) is 1. The lowest BCUT2D eigenvalue weighted by Crippen LogP contribution is -1.95. The van der Waals surface area contributed by atoms with E-state index in [9.17, 15) is 4.39 Å². The van der Waals surface area contributed by atoms with E-state index in [2.05, 4.69) is 9.97 Å². The molecule has 96 valence electrons. The van der Waals surface area contributed by atoms with Crippen molar-refractivity contribution in [2.75, 3.05) is 0 Å². The summed E-state index contributed by atoms with van der Waals surface area (Å²) in [5.41, 5.74) is 9.81. The second-order valence-electron chi connectivity index (χ2n) is 4.62. The molecule has 0 radical (unpaired) electrons. The summed E-state index contributed by atoms with van der Waals surface area (Å²) >= 11 is 0. The molecule has 0 unspecified atom stereocenters. The van der Waals surface area contributed by atoms with Crippen LogP contribution in [0.15, 0.2) is 36.4 Å². The van der Waals surface area contributed by atoms with E-state index in [1.54, 1.807) is 12.1 Å². The number of H-pyrrole nitrogens is 1. The predicted octanol–water partition coefficient (Wildman–Crippen LogP) is 3.14. The highest BCUT2D eigenvalue weighted by atomic mass is 19.1. The van der Waals surface area contributed by atoms with Crippen LogP contribution in [-0.2, 0) is 6.54 Å². The fourth-order valence-corrected chi connectivity index (χ4v) is 2.13. The van der Waals surface area contributed by atoms with Gasteiger partial charge in [0.05, 0.1) is 16.6 Å². The van der Waals surface area contributed by atoms with Gasteiger partial charge in [0.2, 0.25) is 0 Å². The minimum Gasteiger partial charge on any atom is -0.338 e. The fourth-order valence-electron chi connectivity index (χ4n) is 2.13. The minimum atomic E-state index is -0.274. The fraction of sp³-hybridized carbons (Fsp3) is 0.133. The van der Waals surface area contributed by atoms with Crippen LogP contribution in [0.25, 0.3) is 22.4 Å². The Hall–Kier alpha value is -2.20. The molecule has 0 saturated heterocycles. The molecule has 0 aliphatic rings. The number of aromatic nitrogens is 2. The summed E-state index contributed by atoms with van der Waals surface area (Å²) in [6.07, 6.45) is 0. The largest absolute Gasteiger partial charge is 0.338 e. The smallest absolute Gasteiger partial charge is 0.141 e. The number of hydrogen-bond donors (Lipinski definition) is 2. The molecule has 0 aliphatic carbocycles. The molecular formula is C15H14FN3. The van der Waals surface area contributed by atoms with Crippen LogP contribution in [0.4, 0.5) is 4.39 Å². The molecule has 0 fully saturated rings. The zero-order valence-corrected chi connectivity index (χ0v) is 10.6. The summed E-state index contributed by atoms with van der Waals surface area (Å²) in [7, 11) is 0. The Bertz CT molecular complexity index is 746. The summed E-state index contributed by atoms with van der Waals surface area (Å²) in [4.78, 5) is 7.57. The Balaban J connectivity index is 2.17. The van der Waals surface area contributed by atoms with Crippen LogP contribution in [0, 0.1) is 12.7 Å². The predicted molar refractivity (Wildman–Crippen MR) is 74.1 cm³/mol. The van der Waals surface area contributed by atoms with E-state index in [4.69, 9.17) is 5.73 Å². The Morgan fingerprint density at radius 3 is 2.84 bits per heavy atom.